The van der Waals surface area contributed by atoms with Crippen LogP contribution in [0.3, 0.4) is 0 Å². The number of amides is 2. The van der Waals surface area contributed by atoms with E-state index in [0.29, 0.717) is 42.6 Å². The molecule has 1 fully saturated rings. The number of para-hydroxylation sites is 1. The Kier molecular flexibility index (Phi) is 5.57. The van der Waals surface area contributed by atoms with E-state index < -0.39 is 0 Å². The van der Waals surface area contributed by atoms with E-state index in [1.807, 2.05) is 24.3 Å². The van der Waals surface area contributed by atoms with Crippen LogP contribution in [0, 0.1) is 5.82 Å². The molecule has 1 aliphatic rings. The van der Waals surface area contributed by atoms with Gasteiger partial charge in [0.05, 0.1) is 16.4 Å². The van der Waals surface area contributed by atoms with Crippen molar-refractivity contribution in [3.05, 3.63) is 71.5 Å². The summed E-state index contributed by atoms with van der Waals surface area (Å²) in [5, 5.41) is 11.9. The highest BCUT2D eigenvalue weighted by atomic mass is 35.5. The second-order valence-electron chi connectivity index (χ2n) is 6.67. The molecule has 0 spiro atoms. The van der Waals surface area contributed by atoms with Crippen LogP contribution in [0.1, 0.15) is 0 Å². The minimum absolute atomic E-state index is 0.171. The van der Waals surface area contributed by atoms with E-state index in [1.165, 1.54) is 12.1 Å². The molecule has 2 aromatic carbocycles. The van der Waals surface area contributed by atoms with Gasteiger partial charge >= 0.3 is 6.03 Å². The number of carbonyl (C=O) groups is 1. The summed E-state index contributed by atoms with van der Waals surface area (Å²) in [7, 11) is 0. The van der Waals surface area contributed by atoms with Crippen molar-refractivity contribution in [1.29, 1.82) is 0 Å². The fourth-order valence-corrected chi connectivity index (χ4v) is 3.35. The predicted molar refractivity (Wildman–Crippen MR) is 112 cm³/mol. The van der Waals surface area contributed by atoms with Crippen LogP contribution in [0.25, 0.3) is 11.3 Å². The maximum Gasteiger partial charge on any atom is 0.322 e. The van der Waals surface area contributed by atoms with Crippen LogP contribution in [0.4, 0.5) is 20.7 Å². The normalized spacial score (nSPS) is 14.0. The van der Waals surface area contributed by atoms with E-state index in [4.69, 9.17) is 11.6 Å². The van der Waals surface area contributed by atoms with Crippen LogP contribution in [-0.2, 0) is 0 Å². The monoisotopic (exact) mass is 411 g/mol. The lowest BCUT2D eigenvalue weighted by Gasteiger charge is -2.35. The summed E-state index contributed by atoms with van der Waals surface area (Å²) in [5.74, 6) is 0.469. The van der Waals surface area contributed by atoms with Gasteiger partial charge in [0.25, 0.3) is 0 Å². The lowest BCUT2D eigenvalue weighted by Crippen LogP contribution is -2.50. The number of nitrogens with zero attached hydrogens (tertiary/aromatic N) is 4. The minimum atomic E-state index is -0.283. The zero-order valence-electron chi connectivity index (χ0n) is 15.6. The van der Waals surface area contributed by atoms with Crippen molar-refractivity contribution in [2.75, 3.05) is 36.4 Å². The van der Waals surface area contributed by atoms with E-state index in [-0.39, 0.29) is 11.8 Å². The maximum absolute atomic E-state index is 13.1. The molecule has 0 radical (unpaired) electrons. The van der Waals surface area contributed by atoms with E-state index in [0.717, 1.165) is 11.4 Å². The third-order valence-electron chi connectivity index (χ3n) is 4.80. The Morgan fingerprint density at radius 1 is 0.931 bits per heavy atom. The van der Waals surface area contributed by atoms with Crippen molar-refractivity contribution in [3.8, 4) is 11.3 Å². The molecule has 29 heavy (non-hydrogen) atoms. The quantitative estimate of drug-likeness (QED) is 0.698. The Morgan fingerprint density at radius 3 is 2.31 bits per heavy atom. The molecule has 0 unspecified atom stereocenters. The molecule has 1 saturated heterocycles. The number of carbonyl (C=O) groups excluding carboxylic acids is 1. The zero-order valence-corrected chi connectivity index (χ0v) is 16.3. The first-order chi connectivity index (χ1) is 14.1. The standard InChI is InChI=1S/C21H19ClFN5O/c22-17-3-1-2-4-19(17)24-21(29)28-13-11-27(12-14-28)20-10-9-18(25-26-20)15-5-7-16(23)8-6-15/h1-10H,11-14H2,(H,24,29). The third kappa shape index (κ3) is 4.46. The predicted octanol–water partition coefficient (Wildman–Crippen LogP) is 4.29. The van der Waals surface area contributed by atoms with Crippen LogP contribution in [0.2, 0.25) is 5.02 Å². The van der Waals surface area contributed by atoms with Gasteiger partial charge in [0.15, 0.2) is 5.82 Å². The Labute approximate surface area is 172 Å². The molecule has 0 bridgehead atoms. The molecule has 3 aromatic rings. The van der Waals surface area contributed by atoms with Crippen LogP contribution < -0.4 is 10.2 Å². The van der Waals surface area contributed by atoms with Crippen molar-refractivity contribution >= 4 is 29.1 Å². The van der Waals surface area contributed by atoms with Crippen molar-refractivity contribution in [2.45, 2.75) is 0 Å². The fourth-order valence-electron chi connectivity index (χ4n) is 3.16. The van der Waals surface area contributed by atoms with E-state index in [2.05, 4.69) is 20.4 Å². The van der Waals surface area contributed by atoms with Gasteiger partial charge in [-0.05, 0) is 48.5 Å². The summed E-state index contributed by atoms with van der Waals surface area (Å²) in [6.07, 6.45) is 0. The molecule has 0 saturated carbocycles. The molecule has 2 heterocycles. The first kappa shape index (κ1) is 19.1. The molecule has 148 valence electrons. The summed E-state index contributed by atoms with van der Waals surface area (Å²) in [4.78, 5) is 16.3. The van der Waals surface area contributed by atoms with Gasteiger partial charge in [-0.25, -0.2) is 9.18 Å². The first-order valence-electron chi connectivity index (χ1n) is 9.25. The number of anilines is 2. The van der Waals surface area contributed by atoms with Gasteiger partial charge in [-0.1, -0.05) is 23.7 Å². The third-order valence-corrected chi connectivity index (χ3v) is 5.13. The summed E-state index contributed by atoms with van der Waals surface area (Å²) in [6.45, 7) is 2.44. The maximum atomic E-state index is 13.1. The fraction of sp³-hybridized carbons (Fsp3) is 0.190. The molecule has 2 amide bonds. The highest BCUT2D eigenvalue weighted by Crippen LogP contribution is 2.22. The molecule has 1 aliphatic heterocycles. The largest absolute Gasteiger partial charge is 0.352 e. The Balaban J connectivity index is 1.35. The highest BCUT2D eigenvalue weighted by molar-refractivity contribution is 6.33. The van der Waals surface area contributed by atoms with Gasteiger partial charge < -0.3 is 15.1 Å². The van der Waals surface area contributed by atoms with Crippen LogP contribution in [-0.4, -0.2) is 47.3 Å². The molecular formula is C21H19ClFN5O. The molecule has 0 atom stereocenters. The molecule has 1 N–H and O–H groups in total. The number of rotatable bonds is 3. The summed E-state index contributed by atoms with van der Waals surface area (Å²) >= 11 is 6.10. The van der Waals surface area contributed by atoms with E-state index >= 15 is 0 Å². The van der Waals surface area contributed by atoms with Crippen LogP contribution in [0.15, 0.2) is 60.7 Å². The topological polar surface area (TPSA) is 61.4 Å². The van der Waals surface area contributed by atoms with Crippen molar-refractivity contribution in [3.63, 3.8) is 0 Å². The van der Waals surface area contributed by atoms with E-state index in [9.17, 15) is 9.18 Å². The van der Waals surface area contributed by atoms with Gasteiger partial charge in [-0.2, -0.15) is 0 Å². The molecule has 1 aromatic heterocycles. The Bertz CT molecular complexity index is 989. The van der Waals surface area contributed by atoms with Gasteiger partial charge in [0, 0.05) is 31.7 Å². The minimum Gasteiger partial charge on any atom is -0.352 e. The van der Waals surface area contributed by atoms with Gasteiger partial charge in [-0.15, -0.1) is 10.2 Å². The van der Waals surface area contributed by atoms with Crippen molar-refractivity contribution < 1.29 is 9.18 Å². The van der Waals surface area contributed by atoms with Crippen molar-refractivity contribution in [1.82, 2.24) is 15.1 Å². The molecular weight excluding hydrogens is 393 g/mol. The summed E-state index contributed by atoms with van der Waals surface area (Å²) < 4.78 is 13.1. The second kappa shape index (κ2) is 8.45. The second-order valence-corrected chi connectivity index (χ2v) is 7.07. The number of aromatic nitrogens is 2. The molecule has 8 heteroatoms. The van der Waals surface area contributed by atoms with Gasteiger partial charge in [0.1, 0.15) is 5.82 Å². The SMILES string of the molecule is O=C(Nc1ccccc1Cl)N1CCN(c2ccc(-c3ccc(F)cc3)nn2)CC1. The summed E-state index contributed by atoms with van der Waals surface area (Å²) in [5.41, 5.74) is 2.10. The van der Waals surface area contributed by atoms with Gasteiger partial charge in [-0.3, -0.25) is 0 Å². The van der Waals surface area contributed by atoms with Crippen LogP contribution in [0.5, 0.6) is 0 Å². The van der Waals surface area contributed by atoms with E-state index in [1.54, 1.807) is 29.2 Å². The van der Waals surface area contributed by atoms with Gasteiger partial charge in [0.2, 0.25) is 0 Å². The van der Waals surface area contributed by atoms with Crippen molar-refractivity contribution in [2.24, 2.45) is 0 Å². The number of hydrogen-bond acceptors (Lipinski definition) is 4. The number of nitrogens with one attached hydrogen (secondary N) is 1. The first-order valence-corrected chi connectivity index (χ1v) is 9.63. The average Bonchev–Trinajstić information content (AvgIpc) is 2.76. The number of hydrogen-bond donors (Lipinski definition) is 1. The number of piperazine rings is 1. The lowest BCUT2D eigenvalue weighted by molar-refractivity contribution is 0.208. The smallest absolute Gasteiger partial charge is 0.322 e. The Hall–Kier alpha value is -3.19. The molecule has 4 rings (SSSR count). The summed E-state index contributed by atoms with van der Waals surface area (Å²) in [6, 6.07) is 16.9. The Morgan fingerprint density at radius 2 is 1.66 bits per heavy atom. The molecule has 6 nitrogen and oxygen atoms in total. The zero-order chi connectivity index (χ0) is 20.2. The van der Waals surface area contributed by atoms with Crippen LogP contribution >= 0.6 is 11.6 Å². The average molecular weight is 412 g/mol. The molecule has 0 aliphatic carbocycles. The number of halogens is 2. The lowest BCUT2D eigenvalue weighted by atomic mass is 10.1. The highest BCUT2D eigenvalue weighted by Gasteiger charge is 2.22. The number of urea groups is 1. The number of benzene rings is 2.